The molecule has 0 atom stereocenters. The van der Waals surface area contributed by atoms with Gasteiger partial charge in [-0.1, -0.05) is 40.5 Å². The fraction of sp³-hybridized carbons (Fsp3) is 0.727. The van der Waals surface area contributed by atoms with Gasteiger partial charge >= 0.3 is 6.09 Å². The Morgan fingerprint density at radius 2 is 1.73 bits per heavy atom. The average Bonchev–Trinajstić information content (AvgIpc) is 3.59. The minimum atomic E-state index is -0.490. The van der Waals surface area contributed by atoms with Crippen LogP contribution in [0.4, 0.5) is 10.6 Å². The molecule has 2 saturated carbocycles. The van der Waals surface area contributed by atoms with Crippen molar-refractivity contribution >= 4 is 17.8 Å². The van der Waals surface area contributed by atoms with E-state index in [0.29, 0.717) is 19.6 Å². The molecule has 1 N–H and O–H groups in total. The van der Waals surface area contributed by atoms with Crippen molar-refractivity contribution in [1.29, 1.82) is 0 Å². The lowest BCUT2D eigenvalue weighted by Crippen LogP contribution is -2.50. The van der Waals surface area contributed by atoms with E-state index in [2.05, 4.69) is 48.1 Å². The summed E-state index contributed by atoms with van der Waals surface area (Å²) in [5.74, 6) is 2.06. The first-order valence-corrected chi connectivity index (χ1v) is 11.0. The topological polar surface area (TPSA) is 87.7 Å². The van der Waals surface area contributed by atoms with Crippen LogP contribution in [0, 0.1) is 22.7 Å². The number of carbonyl (C=O) groups excluding carboxylic acids is 2. The number of carbonyl (C=O) groups is 2. The summed E-state index contributed by atoms with van der Waals surface area (Å²) in [6.45, 7) is 12.2. The number of anilines is 1. The predicted molar refractivity (Wildman–Crippen MR) is 113 cm³/mol. The lowest BCUT2D eigenvalue weighted by atomic mass is 10.0. The summed E-state index contributed by atoms with van der Waals surface area (Å²) < 4.78 is 5.18. The molecule has 0 radical (unpaired) electrons. The number of ether oxygens (including phenoxy) is 1. The molecule has 0 aromatic carbocycles. The maximum Gasteiger partial charge on any atom is 0.413 e. The van der Waals surface area contributed by atoms with Crippen LogP contribution in [0.2, 0.25) is 0 Å². The second-order valence-corrected chi connectivity index (χ2v) is 9.97. The van der Waals surface area contributed by atoms with Gasteiger partial charge in [0.15, 0.2) is 5.82 Å². The molecule has 0 spiro atoms. The first-order chi connectivity index (χ1) is 14.2. The molecule has 4 rings (SSSR count). The van der Waals surface area contributed by atoms with Crippen molar-refractivity contribution < 1.29 is 14.3 Å². The molecule has 1 aliphatic heterocycles. The molecule has 8 nitrogen and oxygen atoms in total. The summed E-state index contributed by atoms with van der Waals surface area (Å²) in [6, 6.07) is 3.47. The Bertz CT molecular complexity index is 781. The summed E-state index contributed by atoms with van der Waals surface area (Å²) in [5.41, 5.74) is 0.124. The Hall–Kier alpha value is -2.38. The summed E-state index contributed by atoms with van der Waals surface area (Å²) in [5, 5.41) is 11.0. The van der Waals surface area contributed by atoms with Crippen LogP contribution >= 0.6 is 0 Å². The minimum Gasteiger partial charge on any atom is -0.390 e. The highest BCUT2D eigenvalue weighted by Gasteiger charge is 2.68. The number of aromatic nitrogens is 2. The zero-order valence-electron chi connectivity index (χ0n) is 18.5. The van der Waals surface area contributed by atoms with Crippen LogP contribution in [0.15, 0.2) is 12.1 Å². The van der Waals surface area contributed by atoms with Crippen molar-refractivity contribution in [3.63, 3.8) is 0 Å². The molecule has 30 heavy (non-hydrogen) atoms. The summed E-state index contributed by atoms with van der Waals surface area (Å²) >= 11 is 0. The van der Waals surface area contributed by atoms with Crippen molar-refractivity contribution in [3.05, 3.63) is 12.1 Å². The summed E-state index contributed by atoms with van der Waals surface area (Å²) in [4.78, 5) is 28.8. The van der Waals surface area contributed by atoms with E-state index in [-0.39, 0.29) is 28.5 Å². The molecule has 2 aliphatic carbocycles. The quantitative estimate of drug-likeness (QED) is 0.769. The Morgan fingerprint density at radius 3 is 2.27 bits per heavy atom. The zero-order chi connectivity index (χ0) is 21.5. The molecular weight excluding hydrogens is 382 g/mol. The third-order valence-corrected chi connectivity index (χ3v) is 7.53. The molecule has 1 saturated heterocycles. The average molecular weight is 416 g/mol. The van der Waals surface area contributed by atoms with Crippen molar-refractivity contribution in [1.82, 2.24) is 20.4 Å². The van der Waals surface area contributed by atoms with Crippen LogP contribution in [0.1, 0.15) is 47.0 Å². The van der Waals surface area contributed by atoms with E-state index < -0.39 is 6.09 Å². The molecule has 1 aromatic heterocycles. The number of amides is 2. The molecule has 2 amide bonds. The van der Waals surface area contributed by atoms with Gasteiger partial charge in [0.25, 0.3) is 0 Å². The number of piperazine rings is 1. The highest BCUT2D eigenvalue weighted by molar-refractivity contribution is 5.84. The van der Waals surface area contributed by atoms with E-state index >= 15 is 0 Å². The number of nitrogens with zero attached hydrogens (tertiary/aromatic N) is 4. The number of rotatable bonds is 6. The first kappa shape index (κ1) is 20.9. The fourth-order valence-corrected chi connectivity index (χ4v) is 4.60. The van der Waals surface area contributed by atoms with E-state index in [0.717, 1.165) is 31.2 Å². The number of hydrogen-bond acceptors (Lipinski definition) is 6. The second-order valence-electron chi connectivity index (χ2n) is 9.97. The highest BCUT2D eigenvalue weighted by Crippen LogP contribution is 2.68. The van der Waals surface area contributed by atoms with Crippen molar-refractivity contribution in [2.24, 2.45) is 22.7 Å². The van der Waals surface area contributed by atoms with Crippen LogP contribution in [0.5, 0.6) is 5.88 Å². The van der Waals surface area contributed by atoms with E-state index in [1.165, 1.54) is 12.8 Å². The largest absolute Gasteiger partial charge is 0.413 e. The fourth-order valence-electron chi connectivity index (χ4n) is 4.60. The van der Waals surface area contributed by atoms with Crippen LogP contribution in [0.25, 0.3) is 0 Å². The van der Waals surface area contributed by atoms with Gasteiger partial charge in [0, 0.05) is 44.7 Å². The standard InChI is InChI=1S/C22H33N5O3/c1-21(2)18(22(21,3)4)19(28)27-13-11-26(12-14-27)16-7-8-17(25-24-16)30-20(29)23-10-9-15-5-6-15/h7-8,15,18H,5-6,9-14H2,1-4H3,(H,23,29). The van der Waals surface area contributed by atoms with Crippen molar-refractivity contribution in [2.45, 2.75) is 47.0 Å². The lowest BCUT2D eigenvalue weighted by molar-refractivity contribution is -0.134. The van der Waals surface area contributed by atoms with Gasteiger partial charge < -0.3 is 19.9 Å². The monoisotopic (exact) mass is 415 g/mol. The van der Waals surface area contributed by atoms with Crippen LogP contribution in [0.3, 0.4) is 0 Å². The normalized spacial score (nSPS) is 22.5. The van der Waals surface area contributed by atoms with Crippen LogP contribution in [-0.4, -0.2) is 59.8 Å². The van der Waals surface area contributed by atoms with E-state index in [4.69, 9.17) is 4.74 Å². The van der Waals surface area contributed by atoms with Gasteiger partial charge in [-0.05, 0) is 29.2 Å². The number of hydrogen-bond donors (Lipinski definition) is 1. The van der Waals surface area contributed by atoms with Gasteiger partial charge in [-0.2, -0.15) is 0 Å². The molecule has 0 bridgehead atoms. The second kappa shape index (κ2) is 7.71. The molecule has 3 fully saturated rings. The van der Waals surface area contributed by atoms with Crippen molar-refractivity contribution in [3.8, 4) is 5.88 Å². The smallest absolute Gasteiger partial charge is 0.390 e. The number of nitrogens with one attached hydrogen (secondary N) is 1. The molecule has 8 heteroatoms. The van der Waals surface area contributed by atoms with Crippen LogP contribution in [-0.2, 0) is 4.79 Å². The first-order valence-electron chi connectivity index (χ1n) is 11.0. The van der Waals surface area contributed by atoms with Gasteiger partial charge in [-0.15, -0.1) is 10.2 Å². The predicted octanol–water partition coefficient (Wildman–Crippen LogP) is 2.70. The van der Waals surface area contributed by atoms with Gasteiger partial charge in [-0.3, -0.25) is 4.79 Å². The molecule has 0 unspecified atom stereocenters. The van der Waals surface area contributed by atoms with Crippen molar-refractivity contribution in [2.75, 3.05) is 37.6 Å². The lowest BCUT2D eigenvalue weighted by Gasteiger charge is -2.35. The van der Waals surface area contributed by atoms with Gasteiger partial charge in [0.05, 0.1) is 0 Å². The van der Waals surface area contributed by atoms with Gasteiger partial charge in [0.2, 0.25) is 11.8 Å². The molecule has 2 heterocycles. The Kier molecular flexibility index (Phi) is 5.36. The summed E-state index contributed by atoms with van der Waals surface area (Å²) in [7, 11) is 0. The SMILES string of the molecule is CC1(C)C(C(=O)N2CCN(c3ccc(OC(=O)NCCC4CC4)nn3)CC2)C1(C)C. The maximum absolute atomic E-state index is 12.9. The van der Waals surface area contributed by atoms with Gasteiger partial charge in [-0.25, -0.2) is 4.79 Å². The van der Waals surface area contributed by atoms with Crippen LogP contribution < -0.4 is 15.0 Å². The highest BCUT2D eigenvalue weighted by atomic mass is 16.6. The Labute approximate surface area is 178 Å². The zero-order valence-corrected chi connectivity index (χ0v) is 18.5. The Balaban J connectivity index is 1.24. The molecule has 3 aliphatic rings. The van der Waals surface area contributed by atoms with E-state index in [9.17, 15) is 9.59 Å². The molecule has 164 valence electrons. The molecular formula is C22H33N5O3. The third kappa shape index (κ3) is 4.09. The maximum atomic E-state index is 12.9. The Morgan fingerprint density at radius 1 is 1.07 bits per heavy atom. The van der Waals surface area contributed by atoms with E-state index in [1.54, 1.807) is 6.07 Å². The summed E-state index contributed by atoms with van der Waals surface area (Å²) in [6.07, 6.45) is 3.05. The molecule has 1 aromatic rings. The van der Waals surface area contributed by atoms with Gasteiger partial charge in [0.1, 0.15) is 0 Å². The third-order valence-electron chi connectivity index (χ3n) is 7.53. The minimum absolute atomic E-state index is 0.0622. The van der Waals surface area contributed by atoms with E-state index in [1.807, 2.05) is 11.0 Å².